The van der Waals surface area contributed by atoms with Crippen LogP contribution in [0.5, 0.6) is 0 Å². The molecule has 5 rings (SSSR count). The molecule has 5 nitrogen and oxygen atoms in total. The normalized spacial score (nSPS) is 12.8. The van der Waals surface area contributed by atoms with E-state index in [0.29, 0.717) is 11.3 Å². The number of hydrogen-bond acceptors (Lipinski definition) is 5. The molecule has 148 valence electrons. The second-order valence-corrected chi connectivity index (χ2v) is 8.83. The summed E-state index contributed by atoms with van der Waals surface area (Å²) < 4.78 is 0. The molecule has 4 aromatic rings. The van der Waals surface area contributed by atoms with Crippen LogP contribution in [-0.2, 0) is 11.2 Å². The Kier molecular flexibility index (Phi) is 4.69. The predicted octanol–water partition coefficient (Wildman–Crippen LogP) is 5.31. The van der Waals surface area contributed by atoms with E-state index in [0.717, 1.165) is 38.8 Å². The number of thiophene rings is 1. The van der Waals surface area contributed by atoms with Gasteiger partial charge in [-0.15, -0.1) is 22.7 Å². The molecule has 0 aliphatic carbocycles. The molecule has 0 saturated carbocycles. The lowest BCUT2D eigenvalue weighted by Crippen LogP contribution is -2.20. The van der Waals surface area contributed by atoms with Crippen molar-refractivity contribution in [1.29, 1.82) is 0 Å². The molecule has 0 unspecified atom stereocenters. The minimum Gasteiger partial charge on any atom is -0.321 e. The standard InChI is InChI=1S/C23H17N3O2S2/c1-26-19-9-6-15(11-16(19)12-21(26)27)18-13-30-23(25-18)14-4-7-17(8-5-14)24-22(28)20-3-2-10-29-20/h2-11,13H,12H2,1H3,(H,24,28). The molecule has 0 saturated heterocycles. The summed E-state index contributed by atoms with van der Waals surface area (Å²) >= 11 is 2.99. The van der Waals surface area contributed by atoms with Gasteiger partial charge in [0.25, 0.3) is 5.91 Å². The van der Waals surface area contributed by atoms with E-state index in [4.69, 9.17) is 4.98 Å². The van der Waals surface area contributed by atoms with Crippen molar-refractivity contribution < 1.29 is 9.59 Å². The maximum Gasteiger partial charge on any atom is 0.265 e. The summed E-state index contributed by atoms with van der Waals surface area (Å²) in [4.78, 5) is 31.3. The highest BCUT2D eigenvalue weighted by atomic mass is 32.1. The zero-order valence-electron chi connectivity index (χ0n) is 16.1. The third-order valence-corrected chi connectivity index (χ3v) is 6.85. The second-order valence-electron chi connectivity index (χ2n) is 7.02. The summed E-state index contributed by atoms with van der Waals surface area (Å²) in [6.45, 7) is 0. The third kappa shape index (κ3) is 3.42. The molecule has 1 aliphatic heterocycles. The van der Waals surface area contributed by atoms with Crippen LogP contribution in [0.2, 0.25) is 0 Å². The minimum atomic E-state index is -0.102. The van der Waals surface area contributed by atoms with Crippen molar-refractivity contribution in [2.45, 2.75) is 6.42 Å². The molecule has 3 heterocycles. The number of amides is 2. The van der Waals surface area contributed by atoms with Gasteiger partial charge in [0.15, 0.2) is 0 Å². The highest BCUT2D eigenvalue weighted by molar-refractivity contribution is 7.13. The first-order valence-corrected chi connectivity index (χ1v) is 11.1. The van der Waals surface area contributed by atoms with Crippen LogP contribution >= 0.6 is 22.7 Å². The van der Waals surface area contributed by atoms with Gasteiger partial charge in [0.1, 0.15) is 5.01 Å². The Bertz CT molecular complexity index is 1240. The lowest BCUT2D eigenvalue weighted by molar-refractivity contribution is -0.117. The third-order valence-electron chi connectivity index (χ3n) is 5.09. The van der Waals surface area contributed by atoms with E-state index >= 15 is 0 Å². The number of hydrogen-bond donors (Lipinski definition) is 1. The topological polar surface area (TPSA) is 62.3 Å². The number of aromatic nitrogens is 1. The predicted molar refractivity (Wildman–Crippen MR) is 122 cm³/mol. The van der Waals surface area contributed by atoms with Gasteiger partial charge in [0.05, 0.1) is 17.0 Å². The average molecular weight is 432 g/mol. The van der Waals surface area contributed by atoms with Crippen LogP contribution < -0.4 is 10.2 Å². The van der Waals surface area contributed by atoms with Gasteiger partial charge in [-0.1, -0.05) is 12.1 Å². The number of rotatable bonds is 4. The summed E-state index contributed by atoms with van der Waals surface area (Å²) in [5.41, 5.74) is 5.67. The Morgan fingerprint density at radius 1 is 1.07 bits per heavy atom. The first-order valence-electron chi connectivity index (χ1n) is 9.39. The quantitative estimate of drug-likeness (QED) is 0.476. The molecular weight excluding hydrogens is 414 g/mol. The maximum absolute atomic E-state index is 12.2. The minimum absolute atomic E-state index is 0.102. The van der Waals surface area contributed by atoms with Crippen LogP contribution in [-0.4, -0.2) is 23.8 Å². The summed E-state index contributed by atoms with van der Waals surface area (Å²) in [7, 11) is 1.81. The lowest BCUT2D eigenvalue weighted by Gasteiger charge is -2.09. The molecule has 0 fully saturated rings. The van der Waals surface area contributed by atoms with E-state index in [-0.39, 0.29) is 11.8 Å². The smallest absolute Gasteiger partial charge is 0.265 e. The first-order chi connectivity index (χ1) is 14.6. The SMILES string of the molecule is CN1C(=O)Cc2cc(-c3csc(-c4ccc(NC(=O)c5cccs5)cc4)n3)ccc21. The van der Waals surface area contributed by atoms with Crippen molar-refractivity contribution >= 4 is 45.9 Å². The number of benzene rings is 2. The van der Waals surface area contributed by atoms with Gasteiger partial charge in [-0.2, -0.15) is 0 Å². The number of carbonyl (C=O) groups is 2. The summed E-state index contributed by atoms with van der Waals surface area (Å²) in [6, 6.07) is 17.4. The Morgan fingerprint density at radius 2 is 1.87 bits per heavy atom. The highest BCUT2D eigenvalue weighted by Crippen LogP contribution is 2.34. The van der Waals surface area contributed by atoms with Crippen molar-refractivity contribution in [2.75, 3.05) is 17.3 Å². The van der Waals surface area contributed by atoms with Gasteiger partial charge in [-0.25, -0.2) is 4.98 Å². The monoisotopic (exact) mass is 431 g/mol. The molecule has 0 spiro atoms. The fraction of sp³-hybridized carbons (Fsp3) is 0.0870. The zero-order chi connectivity index (χ0) is 20.7. The molecule has 2 aromatic carbocycles. The number of carbonyl (C=O) groups excluding carboxylic acids is 2. The summed E-state index contributed by atoms with van der Waals surface area (Å²) in [5, 5.41) is 7.74. The summed E-state index contributed by atoms with van der Waals surface area (Å²) in [5.74, 6) is 0.0161. The van der Waals surface area contributed by atoms with E-state index in [1.54, 1.807) is 29.4 Å². The van der Waals surface area contributed by atoms with Crippen LogP contribution in [0.25, 0.3) is 21.8 Å². The average Bonchev–Trinajstić information content (AvgIpc) is 3.50. The number of likely N-dealkylation sites (N-methyl/N-ethyl adjacent to an activating group) is 1. The molecule has 0 atom stereocenters. The Morgan fingerprint density at radius 3 is 2.63 bits per heavy atom. The summed E-state index contributed by atoms with van der Waals surface area (Å²) in [6.07, 6.45) is 0.440. The Labute approximate surface area is 181 Å². The number of nitrogens with one attached hydrogen (secondary N) is 1. The lowest BCUT2D eigenvalue weighted by atomic mass is 10.1. The van der Waals surface area contributed by atoms with Crippen molar-refractivity contribution in [3.63, 3.8) is 0 Å². The molecule has 1 N–H and O–H groups in total. The van der Waals surface area contributed by atoms with Gasteiger partial charge >= 0.3 is 0 Å². The van der Waals surface area contributed by atoms with Crippen LogP contribution in [0.4, 0.5) is 11.4 Å². The van der Waals surface area contributed by atoms with Gasteiger partial charge in [0.2, 0.25) is 5.91 Å². The molecular formula is C23H17N3O2S2. The van der Waals surface area contributed by atoms with Gasteiger partial charge in [0, 0.05) is 34.9 Å². The van der Waals surface area contributed by atoms with Gasteiger partial charge in [-0.05, 0) is 53.4 Å². The highest BCUT2D eigenvalue weighted by Gasteiger charge is 2.24. The van der Waals surface area contributed by atoms with Crippen LogP contribution in [0.15, 0.2) is 65.4 Å². The van der Waals surface area contributed by atoms with E-state index in [9.17, 15) is 9.59 Å². The number of thiazole rings is 1. The number of anilines is 2. The van der Waals surface area contributed by atoms with Crippen LogP contribution in [0.1, 0.15) is 15.2 Å². The van der Waals surface area contributed by atoms with E-state index < -0.39 is 0 Å². The van der Waals surface area contributed by atoms with E-state index in [1.165, 1.54) is 11.3 Å². The maximum atomic E-state index is 12.2. The molecule has 7 heteroatoms. The van der Waals surface area contributed by atoms with Crippen LogP contribution in [0, 0.1) is 0 Å². The molecule has 0 bridgehead atoms. The molecule has 1 aliphatic rings. The van der Waals surface area contributed by atoms with Gasteiger partial charge < -0.3 is 10.2 Å². The number of fused-ring (bicyclic) bond motifs is 1. The Hall–Kier alpha value is -3.29. The second kappa shape index (κ2) is 7.51. The van der Waals surface area contributed by atoms with Crippen molar-refractivity contribution in [2.24, 2.45) is 0 Å². The Balaban J connectivity index is 1.34. The van der Waals surface area contributed by atoms with Crippen LogP contribution in [0.3, 0.4) is 0 Å². The molecule has 0 radical (unpaired) electrons. The van der Waals surface area contributed by atoms with E-state index in [1.807, 2.05) is 53.2 Å². The number of nitrogens with zero attached hydrogens (tertiary/aromatic N) is 2. The molecule has 30 heavy (non-hydrogen) atoms. The fourth-order valence-corrected chi connectivity index (χ4v) is 4.92. The van der Waals surface area contributed by atoms with Crippen molar-refractivity contribution in [3.8, 4) is 21.8 Å². The molecule has 2 amide bonds. The first kappa shape index (κ1) is 18.7. The fourth-order valence-electron chi connectivity index (χ4n) is 3.47. The molecule has 2 aromatic heterocycles. The van der Waals surface area contributed by atoms with Crippen molar-refractivity contribution in [1.82, 2.24) is 4.98 Å². The van der Waals surface area contributed by atoms with Crippen molar-refractivity contribution in [3.05, 3.63) is 75.8 Å². The van der Waals surface area contributed by atoms with Gasteiger partial charge in [-0.3, -0.25) is 9.59 Å². The van der Waals surface area contributed by atoms with E-state index in [2.05, 4.69) is 11.4 Å². The largest absolute Gasteiger partial charge is 0.321 e. The zero-order valence-corrected chi connectivity index (χ0v) is 17.7.